The second-order valence-corrected chi connectivity index (χ2v) is 4.42. The summed E-state index contributed by atoms with van der Waals surface area (Å²) in [5.41, 5.74) is 5.79. The van der Waals surface area contributed by atoms with Crippen molar-refractivity contribution in [2.75, 3.05) is 20.8 Å². The molecule has 0 saturated heterocycles. The molecule has 0 fully saturated rings. The lowest BCUT2D eigenvalue weighted by Crippen LogP contribution is -2.39. The molecule has 0 spiro atoms. The van der Waals surface area contributed by atoms with Crippen LogP contribution in [0.4, 0.5) is 5.69 Å². The molecule has 1 rings (SSSR count). The first-order chi connectivity index (χ1) is 9.90. The molecule has 1 amide bonds. The minimum absolute atomic E-state index is 0.0808. The summed E-state index contributed by atoms with van der Waals surface area (Å²) in [5, 5.41) is 13.7. The lowest BCUT2D eigenvalue weighted by atomic mass is 10.1. The largest absolute Gasteiger partial charge is 0.493 e. The number of nitro benzene ring substituents is 1. The third kappa shape index (κ3) is 4.32. The van der Waals surface area contributed by atoms with Crippen molar-refractivity contribution >= 4 is 11.6 Å². The molecule has 0 radical (unpaired) electrons. The van der Waals surface area contributed by atoms with Crippen LogP contribution in [-0.2, 0) is 11.2 Å². The van der Waals surface area contributed by atoms with Crippen molar-refractivity contribution < 1.29 is 19.2 Å². The average molecular weight is 297 g/mol. The van der Waals surface area contributed by atoms with E-state index in [9.17, 15) is 14.9 Å². The number of hydrogen-bond acceptors (Lipinski definition) is 6. The molecule has 0 heterocycles. The number of benzene rings is 1. The Labute approximate surface area is 122 Å². The van der Waals surface area contributed by atoms with Crippen molar-refractivity contribution in [3.63, 3.8) is 0 Å². The molecule has 3 N–H and O–H groups in total. The van der Waals surface area contributed by atoms with Crippen molar-refractivity contribution in [1.29, 1.82) is 0 Å². The highest BCUT2D eigenvalue weighted by Gasteiger charge is 2.19. The van der Waals surface area contributed by atoms with Gasteiger partial charge in [-0.25, -0.2) is 0 Å². The number of rotatable bonds is 7. The summed E-state index contributed by atoms with van der Waals surface area (Å²) in [5.74, 6) is 0.377. The van der Waals surface area contributed by atoms with E-state index in [1.54, 1.807) is 6.92 Å². The maximum atomic E-state index is 11.4. The van der Waals surface area contributed by atoms with Crippen LogP contribution in [0.2, 0.25) is 0 Å². The van der Waals surface area contributed by atoms with Crippen LogP contribution in [0.5, 0.6) is 11.5 Å². The van der Waals surface area contributed by atoms with Gasteiger partial charge in [-0.05, 0) is 19.4 Å². The van der Waals surface area contributed by atoms with Crippen LogP contribution in [0.15, 0.2) is 12.1 Å². The molecule has 0 saturated carbocycles. The Bertz CT molecular complexity index is 531. The van der Waals surface area contributed by atoms with Crippen molar-refractivity contribution in [3.8, 4) is 11.5 Å². The van der Waals surface area contributed by atoms with E-state index in [1.165, 1.54) is 26.4 Å². The van der Waals surface area contributed by atoms with Gasteiger partial charge in [0.1, 0.15) is 0 Å². The van der Waals surface area contributed by atoms with Crippen LogP contribution in [0.3, 0.4) is 0 Å². The summed E-state index contributed by atoms with van der Waals surface area (Å²) < 4.78 is 10.2. The number of nitrogens with two attached hydrogens (primary N) is 1. The van der Waals surface area contributed by atoms with E-state index in [1.807, 2.05) is 0 Å². The zero-order chi connectivity index (χ0) is 16.0. The fourth-order valence-electron chi connectivity index (χ4n) is 1.76. The van der Waals surface area contributed by atoms with Crippen LogP contribution in [0, 0.1) is 10.1 Å². The van der Waals surface area contributed by atoms with Gasteiger partial charge in [-0.2, -0.15) is 0 Å². The van der Waals surface area contributed by atoms with Crippen molar-refractivity contribution in [2.24, 2.45) is 5.73 Å². The first-order valence-corrected chi connectivity index (χ1v) is 6.33. The molecule has 1 aromatic rings. The van der Waals surface area contributed by atoms with Crippen LogP contribution in [0.1, 0.15) is 12.5 Å². The van der Waals surface area contributed by atoms with Crippen molar-refractivity contribution in [2.45, 2.75) is 19.4 Å². The predicted octanol–water partition coefficient (Wildman–Crippen LogP) is 0.618. The number of carbonyl (C=O) groups excluding carboxylic acids is 1. The van der Waals surface area contributed by atoms with Gasteiger partial charge in [0, 0.05) is 12.1 Å². The number of ether oxygens (including phenoxy) is 2. The minimum atomic E-state index is -0.620. The van der Waals surface area contributed by atoms with E-state index >= 15 is 0 Å². The molecule has 0 aliphatic rings. The Morgan fingerprint density at radius 3 is 2.43 bits per heavy atom. The Kier molecular flexibility index (Phi) is 5.92. The van der Waals surface area contributed by atoms with E-state index in [0.29, 0.717) is 11.3 Å². The summed E-state index contributed by atoms with van der Waals surface area (Å²) in [4.78, 5) is 22.0. The number of carbonyl (C=O) groups is 1. The molecule has 21 heavy (non-hydrogen) atoms. The molecular weight excluding hydrogens is 278 g/mol. The summed E-state index contributed by atoms with van der Waals surface area (Å²) in [6, 6.07) is 2.22. The number of hydrogen-bond donors (Lipinski definition) is 2. The number of nitrogens with one attached hydrogen (secondary N) is 1. The molecule has 0 aliphatic heterocycles. The highest BCUT2D eigenvalue weighted by atomic mass is 16.6. The fraction of sp³-hybridized carbons (Fsp3) is 0.462. The molecule has 8 heteroatoms. The van der Waals surface area contributed by atoms with E-state index in [-0.39, 0.29) is 30.3 Å². The van der Waals surface area contributed by atoms with Gasteiger partial charge in [0.15, 0.2) is 11.5 Å². The van der Waals surface area contributed by atoms with Gasteiger partial charge < -0.3 is 20.5 Å². The average Bonchev–Trinajstić information content (AvgIpc) is 2.45. The molecular formula is C13H19N3O5. The second-order valence-electron chi connectivity index (χ2n) is 4.42. The smallest absolute Gasteiger partial charge is 0.276 e. The number of nitrogens with zero attached hydrogens (tertiary/aromatic N) is 1. The lowest BCUT2D eigenvalue weighted by molar-refractivity contribution is -0.385. The highest BCUT2D eigenvalue weighted by Crippen LogP contribution is 2.34. The summed E-state index contributed by atoms with van der Waals surface area (Å²) in [6.07, 6.45) is 0.287. The normalized spacial score (nSPS) is 11.6. The first kappa shape index (κ1) is 16.7. The molecule has 116 valence electrons. The molecule has 0 unspecified atom stereocenters. The maximum absolute atomic E-state index is 11.4. The lowest BCUT2D eigenvalue weighted by Gasteiger charge is -2.11. The van der Waals surface area contributed by atoms with Crippen LogP contribution in [-0.4, -0.2) is 37.6 Å². The molecule has 0 aromatic heterocycles. The van der Waals surface area contributed by atoms with Gasteiger partial charge in [-0.3, -0.25) is 14.9 Å². The first-order valence-electron chi connectivity index (χ1n) is 6.33. The van der Waals surface area contributed by atoms with Crippen LogP contribution < -0.4 is 20.5 Å². The van der Waals surface area contributed by atoms with Crippen LogP contribution >= 0.6 is 0 Å². The van der Waals surface area contributed by atoms with Gasteiger partial charge >= 0.3 is 0 Å². The van der Waals surface area contributed by atoms with Crippen molar-refractivity contribution in [3.05, 3.63) is 27.8 Å². The quantitative estimate of drug-likeness (QED) is 0.563. The summed E-state index contributed by atoms with van der Waals surface area (Å²) in [6.45, 7) is 1.81. The number of amides is 1. The fourth-order valence-corrected chi connectivity index (χ4v) is 1.76. The zero-order valence-corrected chi connectivity index (χ0v) is 12.2. The van der Waals surface area contributed by atoms with Gasteiger partial charge in [0.05, 0.1) is 31.3 Å². The molecule has 8 nitrogen and oxygen atoms in total. The third-order valence-corrected chi connectivity index (χ3v) is 2.89. The Hall–Kier alpha value is -2.35. The predicted molar refractivity (Wildman–Crippen MR) is 76.6 cm³/mol. The topological polar surface area (TPSA) is 117 Å². The summed E-state index contributed by atoms with van der Waals surface area (Å²) in [7, 11) is 2.86. The number of nitro groups is 1. The van der Waals surface area contributed by atoms with E-state index in [0.717, 1.165) is 0 Å². The third-order valence-electron chi connectivity index (χ3n) is 2.89. The van der Waals surface area contributed by atoms with Gasteiger partial charge in [-0.1, -0.05) is 0 Å². The molecule has 1 aromatic carbocycles. The maximum Gasteiger partial charge on any atom is 0.276 e. The SMILES string of the molecule is COc1cc(CCNC(=O)[C@@H](C)N)c([N+](=O)[O-])cc1OC. The van der Waals surface area contributed by atoms with E-state index in [2.05, 4.69) is 5.32 Å². The second kappa shape index (κ2) is 7.44. The monoisotopic (exact) mass is 297 g/mol. The van der Waals surface area contributed by atoms with E-state index in [4.69, 9.17) is 15.2 Å². The Balaban J connectivity index is 2.94. The standard InChI is InChI=1S/C13H19N3O5/c1-8(14)13(17)15-5-4-9-6-11(20-2)12(21-3)7-10(9)16(18)19/h6-8H,4-5,14H2,1-3H3,(H,15,17)/t8-/m1/s1. The van der Waals surface area contributed by atoms with Crippen molar-refractivity contribution in [1.82, 2.24) is 5.32 Å². The Morgan fingerprint density at radius 2 is 1.95 bits per heavy atom. The van der Waals surface area contributed by atoms with Gasteiger partial charge in [-0.15, -0.1) is 0 Å². The summed E-state index contributed by atoms with van der Waals surface area (Å²) >= 11 is 0. The van der Waals surface area contributed by atoms with E-state index < -0.39 is 11.0 Å². The zero-order valence-electron chi connectivity index (χ0n) is 12.2. The molecule has 0 bridgehead atoms. The Morgan fingerprint density at radius 1 is 1.38 bits per heavy atom. The van der Waals surface area contributed by atoms with Crippen LogP contribution in [0.25, 0.3) is 0 Å². The highest BCUT2D eigenvalue weighted by molar-refractivity contribution is 5.80. The number of methoxy groups -OCH3 is 2. The van der Waals surface area contributed by atoms with Gasteiger partial charge in [0.25, 0.3) is 5.69 Å². The van der Waals surface area contributed by atoms with Gasteiger partial charge in [0.2, 0.25) is 5.91 Å². The molecule has 1 atom stereocenters. The minimum Gasteiger partial charge on any atom is -0.493 e. The molecule has 0 aliphatic carbocycles.